The number of benzene rings is 2. The summed E-state index contributed by atoms with van der Waals surface area (Å²) in [6, 6.07) is 11.9. The second-order valence-electron chi connectivity index (χ2n) is 6.51. The molecule has 0 bridgehead atoms. The first-order valence-electron chi connectivity index (χ1n) is 7.90. The lowest BCUT2D eigenvalue weighted by Gasteiger charge is -2.39. The minimum absolute atomic E-state index is 0.223. The fourth-order valence-electron chi connectivity index (χ4n) is 2.74. The van der Waals surface area contributed by atoms with E-state index in [0.717, 1.165) is 6.26 Å². The van der Waals surface area contributed by atoms with E-state index in [1.807, 2.05) is 0 Å². The molecule has 0 unspecified atom stereocenters. The molecule has 0 aromatic heterocycles. The first-order chi connectivity index (χ1) is 12.1. The molecule has 2 aromatic carbocycles. The number of methoxy groups -OCH3 is 1. The van der Waals surface area contributed by atoms with Gasteiger partial charge >= 0.3 is 0 Å². The van der Waals surface area contributed by atoms with Crippen molar-refractivity contribution in [1.29, 1.82) is 0 Å². The molecule has 1 amide bonds. The lowest BCUT2D eigenvalue weighted by atomic mass is 10.0. The van der Waals surface area contributed by atoms with Crippen LogP contribution in [0, 0.1) is 0 Å². The molecule has 1 aliphatic rings. The Kier molecular flexibility index (Phi) is 4.31. The molecule has 0 saturated heterocycles. The molecular formula is C18H20N2O5S. The highest BCUT2D eigenvalue weighted by Crippen LogP contribution is 2.43. The third kappa shape index (κ3) is 3.45. The summed E-state index contributed by atoms with van der Waals surface area (Å²) in [5.74, 6) is 0.875. The highest BCUT2D eigenvalue weighted by molar-refractivity contribution is 7.92. The molecule has 3 rings (SSSR count). The number of fused-ring (bicyclic) bond motifs is 1. The van der Waals surface area contributed by atoms with Gasteiger partial charge in [-0.2, -0.15) is 0 Å². The molecule has 0 aliphatic carbocycles. The maximum absolute atomic E-state index is 12.9. The van der Waals surface area contributed by atoms with E-state index in [1.165, 1.54) is 0 Å². The first kappa shape index (κ1) is 18.1. The Labute approximate surface area is 152 Å². The monoisotopic (exact) mass is 376 g/mol. The van der Waals surface area contributed by atoms with Crippen molar-refractivity contribution in [2.75, 3.05) is 23.0 Å². The smallest absolute Gasteiger partial charge is 0.275 e. The quantitative estimate of drug-likeness (QED) is 0.887. The van der Waals surface area contributed by atoms with E-state index in [4.69, 9.17) is 9.47 Å². The zero-order valence-corrected chi connectivity index (χ0v) is 15.8. The van der Waals surface area contributed by atoms with Crippen molar-refractivity contribution in [3.63, 3.8) is 0 Å². The zero-order chi connectivity index (χ0) is 19.1. The number of rotatable bonds is 4. The molecule has 0 fully saturated rings. The van der Waals surface area contributed by atoms with Gasteiger partial charge in [0.1, 0.15) is 11.5 Å². The van der Waals surface area contributed by atoms with Gasteiger partial charge < -0.3 is 9.47 Å². The van der Waals surface area contributed by atoms with Crippen LogP contribution in [0.4, 0.5) is 17.1 Å². The number of nitrogens with one attached hydrogen (secondary N) is 1. The average molecular weight is 376 g/mol. The summed E-state index contributed by atoms with van der Waals surface area (Å²) in [6.45, 7) is 3.34. The van der Waals surface area contributed by atoms with Crippen LogP contribution in [0.25, 0.3) is 0 Å². The molecule has 1 N–H and O–H groups in total. The highest BCUT2D eigenvalue weighted by atomic mass is 32.2. The summed E-state index contributed by atoms with van der Waals surface area (Å²) in [6.07, 6.45) is 1.07. The van der Waals surface area contributed by atoms with Crippen LogP contribution in [-0.4, -0.2) is 33.3 Å². The van der Waals surface area contributed by atoms with Crippen LogP contribution in [-0.2, 0) is 14.8 Å². The summed E-state index contributed by atoms with van der Waals surface area (Å²) in [5.41, 5.74) is 0.471. The molecule has 7 nitrogen and oxygen atoms in total. The Morgan fingerprint density at radius 2 is 1.77 bits per heavy atom. The third-order valence-corrected chi connectivity index (χ3v) is 4.52. The Balaban J connectivity index is 2.09. The van der Waals surface area contributed by atoms with Gasteiger partial charge in [-0.3, -0.25) is 14.4 Å². The van der Waals surface area contributed by atoms with Crippen molar-refractivity contribution in [2.45, 2.75) is 19.4 Å². The van der Waals surface area contributed by atoms with E-state index in [1.54, 1.807) is 68.3 Å². The lowest BCUT2D eigenvalue weighted by molar-refractivity contribution is -0.131. The Hall–Kier alpha value is -2.74. The molecule has 2 aromatic rings. The topological polar surface area (TPSA) is 84.9 Å². The number of hydrogen-bond acceptors (Lipinski definition) is 5. The van der Waals surface area contributed by atoms with Crippen LogP contribution in [0.2, 0.25) is 0 Å². The molecule has 8 heteroatoms. The summed E-state index contributed by atoms with van der Waals surface area (Å²) in [5, 5.41) is 0. The van der Waals surface area contributed by atoms with Crippen LogP contribution in [0.1, 0.15) is 13.8 Å². The lowest BCUT2D eigenvalue weighted by Crippen LogP contribution is -2.50. The molecule has 26 heavy (non-hydrogen) atoms. The maximum atomic E-state index is 12.9. The van der Waals surface area contributed by atoms with Crippen molar-refractivity contribution in [3.05, 3.63) is 42.5 Å². The van der Waals surface area contributed by atoms with Crippen molar-refractivity contribution in [1.82, 2.24) is 0 Å². The Morgan fingerprint density at radius 3 is 2.35 bits per heavy atom. The second-order valence-corrected chi connectivity index (χ2v) is 8.26. The van der Waals surface area contributed by atoms with Gasteiger partial charge in [-0.1, -0.05) is 0 Å². The SMILES string of the molecule is COc1ccc(N2C(=O)C(C)(C)Oc3cc(NS(C)(=O)=O)ccc32)cc1. The van der Waals surface area contributed by atoms with Crippen LogP contribution in [0.3, 0.4) is 0 Å². The highest BCUT2D eigenvalue weighted by Gasteiger charge is 2.41. The fraction of sp³-hybridized carbons (Fsp3) is 0.278. The molecule has 0 radical (unpaired) electrons. The second kappa shape index (κ2) is 6.21. The van der Waals surface area contributed by atoms with Crippen molar-refractivity contribution >= 4 is 33.0 Å². The predicted octanol–water partition coefficient (Wildman–Crippen LogP) is 2.90. The molecule has 0 atom stereocenters. The standard InChI is InChI=1S/C18H20N2O5S/c1-18(2)17(21)20(13-6-8-14(24-3)9-7-13)15-10-5-12(11-16(15)25-18)19-26(4,22)23/h5-11,19H,1-4H3. The van der Waals surface area contributed by atoms with Crippen LogP contribution < -0.4 is 19.1 Å². The molecular weight excluding hydrogens is 356 g/mol. The minimum atomic E-state index is -3.42. The summed E-state index contributed by atoms with van der Waals surface area (Å²) in [4.78, 5) is 14.5. The van der Waals surface area contributed by atoms with Crippen molar-refractivity contribution in [2.24, 2.45) is 0 Å². The van der Waals surface area contributed by atoms with Crippen LogP contribution >= 0.6 is 0 Å². The average Bonchev–Trinajstić information content (AvgIpc) is 2.55. The first-order valence-corrected chi connectivity index (χ1v) is 9.79. The molecule has 138 valence electrons. The van der Waals surface area contributed by atoms with E-state index in [-0.39, 0.29) is 5.91 Å². The van der Waals surface area contributed by atoms with Gasteiger partial charge in [-0.25, -0.2) is 8.42 Å². The van der Waals surface area contributed by atoms with Gasteiger partial charge in [0, 0.05) is 11.8 Å². The van der Waals surface area contributed by atoms with E-state index >= 15 is 0 Å². The number of amides is 1. The number of hydrogen-bond donors (Lipinski definition) is 1. The van der Waals surface area contributed by atoms with Gasteiger partial charge in [0.05, 0.1) is 24.7 Å². The van der Waals surface area contributed by atoms with Crippen molar-refractivity contribution < 1.29 is 22.7 Å². The Morgan fingerprint density at radius 1 is 1.12 bits per heavy atom. The molecule has 0 saturated carbocycles. The number of anilines is 3. The van der Waals surface area contributed by atoms with Crippen molar-refractivity contribution in [3.8, 4) is 11.5 Å². The van der Waals surface area contributed by atoms with E-state index in [2.05, 4.69) is 4.72 Å². The Bertz CT molecular complexity index is 952. The van der Waals surface area contributed by atoms with Gasteiger partial charge in [-0.05, 0) is 50.2 Å². The largest absolute Gasteiger partial charge is 0.497 e. The number of sulfonamides is 1. The maximum Gasteiger partial charge on any atom is 0.275 e. The summed E-state index contributed by atoms with van der Waals surface area (Å²) in [7, 11) is -1.84. The molecule has 1 heterocycles. The fourth-order valence-corrected chi connectivity index (χ4v) is 3.30. The van der Waals surface area contributed by atoms with Gasteiger partial charge in [0.15, 0.2) is 5.60 Å². The van der Waals surface area contributed by atoms with E-state index in [0.29, 0.717) is 28.6 Å². The van der Waals surface area contributed by atoms with Gasteiger partial charge in [-0.15, -0.1) is 0 Å². The number of ether oxygens (including phenoxy) is 2. The van der Waals surface area contributed by atoms with Gasteiger partial charge in [0.2, 0.25) is 10.0 Å². The number of carbonyl (C=O) groups is 1. The summed E-state index contributed by atoms with van der Waals surface area (Å²) >= 11 is 0. The number of nitrogens with zero attached hydrogens (tertiary/aromatic N) is 1. The number of carbonyl (C=O) groups excluding carboxylic acids is 1. The third-order valence-electron chi connectivity index (χ3n) is 3.92. The normalized spacial score (nSPS) is 15.8. The predicted molar refractivity (Wildman–Crippen MR) is 99.8 cm³/mol. The summed E-state index contributed by atoms with van der Waals surface area (Å²) < 4.78 is 36.3. The van der Waals surface area contributed by atoms with Crippen LogP contribution in [0.5, 0.6) is 11.5 Å². The molecule has 0 spiro atoms. The van der Waals surface area contributed by atoms with E-state index in [9.17, 15) is 13.2 Å². The minimum Gasteiger partial charge on any atom is -0.497 e. The van der Waals surface area contributed by atoms with Crippen LogP contribution in [0.15, 0.2) is 42.5 Å². The zero-order valence-electron chi connectivity index (χ0n) is 14.9. The van der Waals surface area contributed by atoms with E-state index < -0.39 is 15.6 Å². The molecule has 1 aliphatic heterocycles. The van der Waals surface area contributed by atoms with Gasteiger partial charge in [0.25, 0.3) is 5.91 Å².